The van der Waals surface area contributed by atoms with Crippen LogP contribution in [0.5, 0.6) is 0 Å². The molecule has 30 heavy (non-hydrogen) atoms. The molecule has 2 aromatic rings. The Bertz CT molecular complexity index is 970. The molecule has 1 aliphatic heterocycles. The number of carbonyl (C=O) groups excluding carboxylic acids is 1. The molecule has 8 heteroatoms. The van der Waals surface area contributed by atoms with Crippen LogP contribution >= 0.6 is 11.6 Å². The molecule has 162 valence electrons. The number of halogens is 1. The second-order valence-corrected chi connectivity index (χ2v) is 10.0. The van der Waals surface area contributed by atoms with E-state index in [-0.39, 0.29) is 0 Å². The van der Waals surface area contributed by atoms with E-state index >= 15 is 0 Å². The number of nitrogens with zero attached hydrogens (tertiary/aromatic N) is 2. The van der Waals surface area contributed by atoms with Crippen molar-refractivity contribution in [2.75, 3.05) is 26.2 Å². The van der Waals surface area contributed by atoms with Gasteiger partial charge in [-0.15, -0.1) is 0 Å². The highest BCUT2D eigenvalue weighted by molar-refractivity contribution is 7.89. The van der Waals surface area contributed by atoms with Crippen molar-refractivity contribution in [3.8, 4) is 0 Å². The number of sulfonamides is 1. The Morgan fingerprint density at radius 2 is 1.53 bits per heavy atom. The summed E-state index contributed by atoms with van der Waals surface area (Å²) >= 11 is 5.94. The molecule has 2 atom stereocenters. The van der Waals surface area contributed by atoms with E-state index in [1.54, 1.807) is 36.4 Å². The molecule has 2 N–H and O–H groups in total. The van der Waals surface area contributed by atoms with Crippen LogP contribution in [0.3, 0.4) is 0 Å². The van der Waals surface area contributed by atoms with Gasteiger partial charge in [-0.1, -0.05) is 49.7 Å². The van der Waals surface area contributed by atoms with Crippen molar-refractivity contribution in [2.45, 2.75) is 37.1 Å². The molecule has 0 unspecified atom stereocenters. The molecule has 6 nitrogen and oxygen atoms in total. The van der Waals surface area contributed by atoms with Crippen LogP contribution in [0.2, 0.25) is 5.02 Å². The lowest BCUT2D eigenvalue weighted by Gasteiger charge is -2.37. The number of amides is 1. The fourth-order valence-corrected chi connectivity index (χ4v) is 5.30. The van der Waals surface area contributed by atoms with E-state index < -0.39 is 22.0 Å². The molecule has 0 spiro atoms. The Labute approximate surface area is 183 Å². The van der Waals surface area contributed by atoms with Crippen LogP contribution in [-0.2, 0) is 14.8 Å². The summed E-state index contributed by atoms with van der Waals surface area (Å²) in [7, 11) is -3.58. The Hall–Kier alpha value is -1.93. The second-order valence-electron chi connectivity index (χ2n) is 7.67. The summed E-state index contributed by atoms with van der Waals surface area (Å²) in [6.07, 6.45) is 1.00. The van der Waals surface area contributed by atoms with Gasteiger partial charge in [-0.05, 0) is 47.7 Å². The fraction of sp³-hybridized carbons (Fsp3) is 0.409. The molecule has 0 aromatic heterocycles. The van der Waals surface area contributed by atoms with Crippen LogP contribution in [0.1, 0.15) is 43.4 Å². The average molecular weight is 450 g/mol. The van der Waals surface area contributed by atoms with Crippen molar-refractivity contribution in [3.05, 3.63) is 64.7 Å². The Balaban J connectivity index is 1.71. The van der Waals surface area contributed by atoms with Crippen LogP contribution in [0, 0.1) is 0 Å². The third-order valence-electron chi connectivity index (χ3n) is 5.79. The number of benzene rings is 2. The summed E-state index contributed by atoms with van der Waals surface area (Å²) in [4.78, 5) is 14.3. The second kappa shape index (κ2) is 9.47. The van der Waals surface area contributed by atoms with E-state index in [1.807, 2.05) is 17.0 Å². The smallest absolute Gasteiger partial charge is 0.243 e. The zero-order chi connectivity index (χ0) is 21.9. The predicted octanol–water partition coefficient (Wildman–Crippen LogP) is 3.39. The van der Waals surface area contributed by atoms with Gasteiger partial charge in [0, 0.05) is 31.2 Å². The van der Waals surface area contributed by atoms with Crippen molar-refractivity contribution < 1.29 is 13.2 Å². The van der Waals surface area contributed by atoms with Crippen LogP contribution in [0.25, 0.3) is 0 Å². The quantitative estimate of drug-likeness (QED) is 0.702. The number of hydrogen-bond acceptors (Lipinski definition) is 4. The summed E-state index contributed by atoms with van der Waals surface area (Å²) in [5.41, 5.74) is 7.54. The molecule has 2 aromatic carbocycles. The topological polar surface area (TPSA) is 83.7 Å². The van der Waals surface area contributed by atoms with Gasteiger partial charge in [-0.3, -0.25) is 9.69 Å². The molecule has 1 amide bonds. The molecule has 0 saturated carbocycles. The maximum absolute atomic E-state index is 13.1. The number of carbonyl (C=O) groups is 1. The molecular weight excluding hydrogens is 422 g/mol. The largest absolute Gasteiger partial charge is 0.368 e. The average Bonchev–Trinajstić information content (AvgIpc) is 2.75. The standard InChI is InChI=1S/C22H28ClN3O3S/c1-3-16(2)17-6-10-20(11-7-17)30(28,29)26-14-12-25(13-15-26)21(22(24)27)18-4-8-19(23)9-5-18/h4-11,16,21H,3,12-15H2,1-2H3,(H2,24,27)/t16-,21+/m0/s1. The van der Waals surface area contributed by atoms with Gasteiger partial charge in [0.05, 0.1) is 4.90 Å². The number of primary amides is 1. The van der Waals surface area contributed by atoms with E-state index in [0.717, 1.165) is 17.5 Å². The Morgan fingerprint density at radius 1 is 1.00 bits per heavy atom. The fourth-order valence-electron chi connectivity index (χ4n) is 3.76. The molecule has 3 rings (SSSR count). The molecule has 0 aliphatic carbocycles. The third-order valence-corrected chi connectivity index (χ3v) is 7.96. The lowest BCUT2D eigenvalue weighted by molar-refractivity contribution is -0.124. The first kappa shape index (κ1) is 22.7. The maximum Gasteiger partial charge on any atom is 0.243 e. The molecule has 1 heterocycles. The zero-order valence-corrected chi connectivity index (χ0v) is 18.9. The number of piperazine rings is 1. The van der Waals surface area contributed by atoms with Gasteiger partial charge < -0.3 is 5.73 Å². The zero-order valence-electron chi connectivity index (χ0n) is 17.3. The minimum absolute atomic E-state index is 0.298. The molecular formula is C22H28ClN3O3S. The van der Waals surface area contributed by atoms with Crippen molar-refractivity contribution in [2.24, 2.45) is 5.73 Å². The van der Waals surface area contributed by atoms with Crippen molar-refractivity contribution in [1.82, 2.24) is 9.21 Å². The minimum Gasteiger partial charge on any atom is -0.368 e. The minimum atomic E-state index is -3.58. The van der Waals surface area contributed by atoms with Crippen LogP contribution in [-0.4, -0.2) is 49.7 Å². The first-order valence-electron chi connectivity index (χ1n) is 10.1. The Kier molecular flexibility index (Phi) is 7.18. The van der Waals surface area contributed by atoms with Crippen molar-refractivity contribution >= 4 is 27.5 Å². The first-order valence-corrected chi connectivity index (χ1v) is 11.9. The molecule has 1 saturated heterocycles. The van der Waals surface area contributed by atoms with Gasteiger partial charge in [0.25, 0.3) is 0 Å². The van der Waals surface area contributed by atoms with Gasteiger partial charge in [-0.25, -0.2) is 8.42 Å². The summed E-state index contributed by atoms with van der Waals surface area (Å²) < 4.78 is 27.6. The molecule has 1 aliphatic rings. The highest BCUT2D eigenvalue weighted by Gasteiger charge is 2.33. The van der Waals surface area contributed by atoms with Crippen LogP contribution < -0.4 is 5.73 Å². The van der Waals surface area contributed by atoms with Gasteiger partial charge in [-0.2, -0.15) is 4.31 Å². The van der Waals surface area contributed by atoms with Crippen LogP contribution in [0.15, 0.2) is 53.4 Å². The SMILES string of the molecule is CC[C@H](C)c1ccc(S(=O)(=O)N2CCN([C@@H](C(N)=O)c3ccc(Cl)cc3)CC2)cc1. The Morgan fingerprint density at radius 3 is 2.03 bits per heavy atom. The van der Waals surface area contributed by atoms with E-state index in [0.29, 0.717) is 42.0 Å². The molecule has 0 radical (unpaired) electrons. The maximum atomic E-state index is 13.1. The predicted molar refractivity (Wildman–Crippen MR) is 119 cm³/mol. The van der Waals surface area contributed by atoms with E-state index in [2.05, 4.69) is 13.8 Å². The summed E-state index contributed by atoms with van der Waals surface area (Å²) in [6.45, 7) is 5.66. The molecule has 0 bridgehead atoms. The number of hydrogen-bond donors (Lipinski definition) is 1. The van der Waals surface area contributed by atoms with Gasteiger partial charge >= 0.3 is 0 Å². The lowest BCUT2D eigenvalue weighted by atomic mass is 9.99. The van der Waals surface area contributed by atoms with Crippen molar-refractivity contribution in [3.63, 3.8) is 0 Å². The lowest BCUT2D eigenvalue weighted by Crippen LogP contribution is -2.51. The van der Waals surface area contributed by atoms with Crippen molar-refractivity contribution in [1.29, 1.82) is 0 Å². The van der Waals surface area contributed by atoms with Gasteiger partial charge in [0.1, 0.15) is 6.04 Å². The van der Waals surface area contributed by atoms with Crippen LogP contribution in [0.4, 0.5) is 0 Å². The van der Waals surface area contributed by atoms with E-state index in [9.17, 15) is 13.2 Å². The summed E-state index contributed by atoms with van der Waals surface area (Å²) in [6, 6.07) is 13.5. The first-order chi connectivity index (χ1) is 14.2. The monoisotopic (exact) mass is 449 g/mol. The summed E-state index contributed by atoms with van der Waals surface area (Å²) in [5.74, 6) is -0.0711. The number of nitrogens with two attached hydrogens (primary N) is 1. The third kappa shape index (κ3) is 4.86. The highest BCUT2D eigenvalue weighted by Crippen LogP contribution is 2.26. The van der Waals surface area contributed by atoms with Gasteiger partial charge in [0.2, 0.25) is 15.9 Å². The van der Waals surface area contributed by atoms with E-state index in [1.165, 1.54) is 4.31 Å². The van der Waals surface area contributed by atoms with Gasteiger partial charge in [0.15, 0.2) is 0 Å². The summed E-state index contributed by atoms with van der Waals surface area (Å²) in [5, 5.41) is 0.581. The molecule has 1 fully saturated rings. The normalized spacial score (nSPS) is 18.1. The number of rotatable bonds is 7. The van der Waals surface area contributed by atoms with E-state index in [4.69, 9.17) is 17.3 Å². The highest BCUT2D eigenvalue weighted by atomic mass is 35.5.